The Bertz CT molecular complexity index is 1620. The van der Waals surface area contributed by atoms with E-state index in [2.05, 4.69) is 5.16 Å². The van der Waals surface area contributed by atoms with Crippen LogP contribution in [0.3, 0.4) is 0 Å². The first-order valence-electron chi connectivity index (χ1n) is 13.0. The Morgan fingerprint density at radius 1 is 1.10 bits per heavy atom. The minimum absolute atomic E-state index is 0.0346. The Morgan fingerprint density at radius 3 is 2.45 bits per heavy atom. The number of rotatable bonds is 8. The predicted octanol–water partition coefficient (Wildman–Crippen LogP) is 7.63. The number of halogens is 2. The zero-order chi connectivity index (χ0) is 28.2. The van der Waals surface area contributed by atoms with Crippen LogP contribution in [0.1, 0.15) is 65.4 Å². The summed E-state index contributed by atoms with van der Waals surface area (Å²) in [6.45, 7) is 4.34. The summed E-state index contributed by atoms with van der Waals surface area (Å²) in [4.78, 5) is 26.4. The first kappa shape index (κ1) is 26.4. The van der Waals surface area contributed by atoms with Crippen molar-refractivity contribution in [2.24, 2.45) is 0 Å². The molecular weight excluding hydrogens is 551 g/mol. The van der Waals surface area contributed by atoms with Gasteiger partial charge in [-0.3, -0.25) is 4.79 Å². The van der Waals surface area contributed by atoms with Gasteiger partial charge in [0.25, 0.3) is 0 Å². The Hall–Kier alpha value is -3.81. The lowest BCUT2D eigenvalue weighted by Gasteiger charge is -2.20. The van der Waals surface area contributed by atoms with Crippen molar-refractivity contribution in [3.05, 3.63) is 98.7 Å². The number of carbonyl (C=O) groups is 2. The number of hydrogen-bond acceptors (Lipinski definition) is 5. The zero-order valence-electron chi connectivity index (χ0n) is 21.9. The predicted molar refractivity (Wildman–Crippen MR) is 152 cm³/mol. The highest BCUT2D eigenvalue weighted by molar-refractivity contribution is 6.39. The third-order valence-corrected chi connectivity index (χ3v) is 8.23. The fourth-order valence-electron chi connectivity index (χ4n) is 5.20. The maximum absolute atomic E-state index is 13.5. The minimum atomic E-state index is -0.986. The van der Waals surface area contributed by atoms with E-state index in [9.17, 15) is 14.7 Å². The van der Waals surface area contributed by atoms with Gasteiger partial charge in [0.1, 0.15) is 23.8 Å². The second-order valence-corrected chi connectivity index (χ2v) is 11.5. The van der Waals surface area contributed by atoms with Gasteiger partial charge >= 0.3 is 5.97 Å². The summed E-state index contributed by atoms with van der Waals surface area (Å²) in [5, 5.41) is 14.5. The van der Waals surface area contributed by atoms with Crippen LogP contribution < -0.4 is 9.64 Å². The van der Waals surface area contributed by atoms with Crippen LogP contribution in [0.25, 0.3) is 11.3 Å². The van der Waals surface area contributed by atoms with Gasteiger partial charge in [-0.1, -0.05) is 46.6 Å². The molecule has 0 bridgehead atoms. The summed E-state index contributed by atoms with van der Waals surface area (Å²) in [6, 6.07) is 17.5. The van der Waals surface area contributed by atoms with E-state index in [4.69, 9.17) is 32.5 Å². The van der Waals surface area contributed by atoms with Crippen molar-refractivity contribution >= 4 is 40.8 Å². The number of hydrogen-bond donors (Lipinski definition) is 1. The molecular formula is C31H26Cl2N2O5. The summed E-state index contributed by atoms with van der Waals surface area (Å²) < 4.78 is 12.0. The fraction of sp³-hybridized carbons (Fsp3) is 0.258. The summed E-state index contributed by atoms with van der Waals surface area (Å²) in [5.41, 5.74) is 3.96. The molecule has 1 aliphatic carbocycles. The number of amides is 1. The molecule has 0 radical (unpaired) electrons. The van der Waals surface area contributed by atoms with E-state index >= 15 is 0 Å². The molecule has 2 heterocycles. The summed E-state index contributed by atoms with van der Waals surface area (Å²) in [6.07, 6.45) is 2.06. The number of carbonyl (C=O) groups excluding carboxylic acids is 1. The maximum atomic E-state index is 13.5. The Balaban J connectivity index is 1.28. The van der Waals surface area contributed by atoms with Gasteiger partial charge in [-0.25, -0.2) is 4.79 Å². The smallest absolute Gasteiger partial charge is 0.335 e. The molecule has 9 heteroatoms. The Morgan fingerprint density at radius 2 is 1.80 bits per heavy atom. The van der Waals surface area contributed by atoms with E-state index in [-0.39, 0.29) is 18.1 Å². The number of aromatic nitrogens is 1. The SMILES string of the molecule is CC1(C)C(=O)N(Cc2ccc(C(=O)O)cc2)c2ccc(OCc3c(-c4c(Cl)cccc4Cl)noc3C3CC3)cc21. The second-order valence-electron chi connectivity index (χ2n) is 10.7. The lowest BCUT2D eigenvalue weighted by atomic mass is 9.86. The molecule has 4 aromatic rings. The van der Waals surface area contributed by atoms with Crippen molar-refractivity contribution < 1.29 is 24.0 Å². The van der Waals surface area contributed by atoms with Crippen molar-refractivity contribution in [2.45, 2.75) is 51.2 Å². The van der Waals surface area contributed by atoms with Crippen LogP contribution in [0.4, 0.5) is 5.69 Å². The normalized spacial score (nSPS) is 15.8. The topological polar surface area (TPSA) is 92.9 Å². The molecule has 1 saturated carbocycles. The standard InChI is InChI=1S/C31H26Cl2N2O5/c1-31(2)22-14-20(12-13-25(22)35(30(31)38)15-17-6-8-19(9-7-17)29(36)37)39-16-21-27(34-40-28(21)18-10-11-18)26-23(32)4-3-5-24(26)33/h3-9,12-14,18H,10-11,15-16H2,1-2H3,(H,36,37). The van der Waals surface area contributed by atoms with Gasteiger partial charge in [-0.05, 0) is 80.3 Å². The van der Waals surface area contributed by atoms with Crippen molar-refractivity contribution in [2.75, 3.05) is 4.90 Å². The Labute approximate surface area is 241 Å². The van der Waals surface area contributed by atoms with Gasteiger partial charge in [-0.15, -0.1) is 0 Å². The molecule has 0 unspecified atom stereocenters. The minimum Gasteiger partial charge on any atom is -0.489 e. The second kappa shape index (κ2) is 9.98. The summed E-state index contributed by atoms with van der Waals surface area (Å²) in [7, 11) is 0. The van der Waals surface area contributed by atoms with Gasteiger partial charge < -0.3 is 19.3 Å². The van der Waals surface area contributed by atoms with Crippen LogP contribution >= 0.6 is 23.2 Å². The van der Waals surface area contributed by atoms with Crippen molar-refractivity contribution in [3.63, 3.8) is 0 Å². The van der Waals surface area contributed by atoms with Gasteiger partial charge in [0.15, 0.2) is 0 Å². The quantitative estimate of drug-likeness (QED) is 0.232. The molecule has 6 rings (SSSR count). The first-order valence-corrected chi connectivity index (χ1v) is 13.7. The molecule has 1 amide bonds. The third-order valence-electron chi connectivity index (χ3n) is 7.60. The molecule has 1 fully saturated rings. The summed E-state index contributed by atoms with van der Waals surface area (Å²) in [5.74, 6) is 0.693. The lowest BCUT2D eigenvalue weighted by Crippen LogP contribution is -2.35. The number of carboxylic acid groups (broad SMARTS) is 1. The van der Waals surface area contributed by atoms with Crippen molar-refractivity contribution in [1.29, 1.82) is 0 Å². The highest BCUT2D eigenvalue weighted by Gasteiger charge is 2.44. The molecule has 3 aromatic carbocycles. The number of benzene rings is 3. The van der Waals surface area contributed by atoms with E-state index < -0.39 is 11.4 Å². The van der Waals surface area contributed by atoms with E-state index in [1.165, 1.54) is 0 Å². The highest BCUT2D eigenvalue weighted by atomic mass is 35.5. The molecule has 1 aliphatic heterocycles. The molecule has 204 valence electrons. The van der Waals surface area contributed by atoms with Crippen LogP contribution in [0.5, 0.6) is 5.75 Å². The number of aromatic carboxylic acids is 1. The number of fused-ring (bicyclic) bond motifs is 1. The average Bonchev–Trinajstić information content (AvgIpc) is 3.66. The van der Waals surface area contributed by atoms with Crippen LogP contribution in [0.15, 0.2) is 65.2 Å². The zero-order valence-corrected chi connectivity index (χ0v) is 23.4. The molecule has 40 heavy (non-hydrogen) atoms. The monoisotopic (exact) mass is 576 g/mol. The van der Waals surface area contributed by atoms with Crippen LogP contribution in [0.2, 0.25) is 10.0 Å². The van der Waals surface area contributed by atoms with Gasteiger partial charge in [-0.2, -0.15) is 0 Å². The number of ether oxygens (including phenoxy) is 1. The van der Waals surface area contributed by atoms with Gasteiger partial charge in [0, 0.05) is 17.2 Å². The van der Waals surface area contributed by atoms with E-state index in [0.717, 1.165) is 41.0 Å². The van der Waals surface area contributed by atoms with Crippen molar-refractivity contribution in [3.8, 4) is 17.0 Å². The lowest BCUT2D eigenvalue weighted by molar-refractivity contribution is -0.122. The molecule has 7 nitrogen and oxygen atoms in total. The van der Waals surface area contributed by atoms with Gasteiger partial charge in [0.2, 0.25) is 5.91 Å². The Kier molecular flexibility index (Phi) is 6.59. The van der Waals surface area contributed by atoms with E-state index in [1.807, 2.05) is 32.0 Å². The van der Waals surface area contributed by atoms with E-state index in [1.54, 1.807) is 47.4 Å². The molecule has 2 aliphatic rings. The molecule has 0 saturated heterocycles. The van der Waals surface area contributed by atoms with Crippen LogP contribution in [-0.2, 0) is 23.4 Å². The number of carboxylic acids is 1. The number of nitrogens with zero attached hydrogens (tertiary/aromatic N) is 2. The molecule has 1 N–H and O–H groups in total. The maximum Gasteiger partial charge on any atom is 0.335 e. The third kappa shape index (κ3) is 4.63. The number of anilines is 1. The first-order chi connectivity index (χ1) is 19.1. The average molecular weight is 577 g/mol. The van der Waals surface area contributed by atoms with Crippen LogP contribution in [0, 0.1) is 0 Å². The molecule has 0 atom stereocenters. The van der Waals surface area contributed by atoms with E-state index in [0.29, 0.717) is 39.5 Å². The molecule has 1 aromatic heterocycles. The largest absolute Gasteiger partial charge is 0.489 e. The molecule has 0 spiro atoms. The fourth-order valence-corrected chi connectivity index (χ4v) is 5.78. The highest BCUT2D eigenvalue weighted by Crippen LogP contribution is 2.47. The summed E-state index contributed by atoms with van der Waals surface area (Å²) >= 11 is 13.0. The van der Waals surface area contributed by atoms with Gasteiger partial charge in [0.05, 0.1) is 33.1 Å². The van der Waals surface area contributed by atoms with Crippen molar-refractivity contribution in [1.82, 2.24) is 5.16 Å². The van der Waals surface area contributed by atoms with Crippen LogP contribution in [-0.4, -0.2) is 22.1 Å².